The molecule has 29 nitrogen and oxygen atoms in total. The van der Waals surface area contributed by atoms with Crippen molar-refractivity contribution in [3.05, 3.63) is 166 Å². The first-order valence-corrected chi connectivity index (χ1v) is 40.1. The van der Waals surface area contributed by atoms with E-state index in [2.05, 4.69) is 84.5 Å². The fourth-order valence-corrected chi connectivity index (χ4v) is 10.2. The van der Waals surface area contributed by atoms with Crippen LogP contribution in [-0.4, -0.2) is 227 Å². The number of hydrogen-bond acceptors (Lipinski definition) is 20. The average Bonchev–Trinajstić information content (AvgIpc) is 0.901. The van der Waals surface area contributed by atoms with Gasteiger partial charge in [0.25, 0.3) is 0 Å². The molecule has 29 heteroatoms. The first-order chi connectivity index (χ1) is 55.4. The number of ether oxygens (including phenoxy) is 4. The highest BCUT2D eigenvalue weighted by atomic mass is 16.6. The standard InChI is InChI=1S/2C21H30N2O5.2C15H21NO4.C9H18O3.C8H17NO/c2*1-5-16(4)18-8-6-17(7-9-18)12-23(14-20(25)26)13-19(24)22-10-11-28-21(27)15(2)3;2*1-3-11(2)13-6-4-12(5-7-13)8-16(9-14(17)18)10-15(19)20;1-5-9(2,3)8(10)12-7-6-11-4;1-5-7(4)8(10)9-6(2)3/h2*6-9,16H,2,5,10-14H2,1,3-4H3,(H,22,24)(H,25,26);2*4-7,11H,3,8-10H2,1-2H3,(H,17,18)(H,19,20);5-7H2,1-4H3;6-7H,5H2,1-4H3,(H,9,10). The van der Waals surface area contributed by atoms with Crippen LogP contribution in [0.2, 0.25) is 0 Å². The number of amides is 3. The third-order valence-electron chi connectivity index (χ3n) is 18.6. The molecular weight excluding hydrogens is 1520 g/mol. The summed E-state index contributed by atoms with van der Waals surface area (Å²) >= 11 is 0. The Bertz CT molecular complexity index is 3440. The molecule has 660 valence electrons. The zero-order valence-electron chi connectivity index (χ0n) is 73.1. The Kier molecular flexibility index (Phi) is 57.8. The fraction of sp³-hybridized carbons (Fsp3) is 0.551. The quantitative estimate of drug-likeness (QED) is 0.00858. The van der Waals surface area contributed by atoms with Gasteiger partial charge in [0.05, 0.1) is 77.5 Å². The molecule has 0 aliphatic heterocycles. The Balaban J connectivity index is 0. The zero-order chi connectivity index (χ0) is 90.2. The van der Waals surface area contributed by atoms with Gasteiger partial charge in [0.2, 0.25) is 17.7 Å². The SMILES string of the molecule is C=C(C)C(=O)OCCNC(=O)CN(CC(=O)O)Cc1ccc(C(C)CC)cc1.C=C(C)C(=O)OCCNC(=O)CN(CC(=O)O)Cc1ccc(C(C)CC)cc1.CCC(C)(C)C(=O)OCCOC.CCC(C)C(=O)NC(C)C.CCC(C)c1ccc(CN(CC(=O)O)CC(=O)O)cc1.CCC(C)c1ccc(CN(CC(=O)O)CC(=O)O)cc1. The number of nitrogens with zero attached hydrogens (tertiary/aromatic N) is 4. The second-order valence-electron chi connectivity index (χ2n) is 30.0. The molecule has 0 bridgehead atoms. The van der Waals surface area contributed by atoms with Gasteiger partial charge in [-0.1, -0.05) is 186 Å². The summed E-state index contributed by atoms with van der Waals surface area (Å²) < 4.78 is 19.5. The van der Waals surface area contributed by atoms with Crippen LogP contribution in [0, 0.1) is 11.3 Å². The summed E-state index contributed by atoms with van der Waals surface area (Å²) in [6, 6.07) is 32.1. The molecule has 0 saturated heterocycles. The van der Waals surface area contributed by atoms with Gasteiger partial charge in [-0.15, -0.1) is 0 Å². The molecule has 0 aliphatic carbocycles. The van der Waals surface area contributed by atoms with E-state index in [0.717, 1.165) is 60.8 Å². The van der Waals surface area contributed by atoms with Crippen molar-refractivity contribution in [2.45, 2.75) is 212 Å². The minimum Gasteiger partial charge on any atom is -0.480 e. The number of benzene rings is 4. The Labute approximate surface area is 699 Å². The molecule has 0 saturated carbocycles. The van der Waals surface area contributed by atoms with Gasteiger partial charge in [-0.2, -0.15) is 0 Å². The van der Waals surface area contributed by atoms with Gasteiger partial charge in [0.15, 0.2) is 0 Å². The van der Waals surface area contributed by atoms with Crippen LogP contribution in [-0.2, 0) is 103 Å². The molecule has 5 atom stereocenters. The number of rotatable bonds is 48. The Morgan fingerprint density at radius 3 is 0.839 bits per heavy atom. The Hall–Kier alpha value is -10.2. The minimum absolute atomic E-state index is 0.0352. The largest absolute Gasteiger partial charge is 0.480 e. The predicted octanol–water partition coefficient (Wildman–Crippen LogP) is 12.2. The molecule has 0 fully saturated rings. The van der Waals surface area contributed by atoms with Gasteiger partial charge >= 0.3 is 53.7 Å². The summed E-state index contributed by atoms with van der Waals surface area (Å²) in [5.74, 6) is -5.72. The number of hydrogen-bond donors (Lipinski definition) is 9. The summed E-state index contributed by atoms with van der Waals surface area (Å²) in [5.41, 5.74) is 8.87. The van der Waals surface area contributed by atoms with Crippen LogP contribution in [0.15, 0.2) is 121 Å². The van der Waals surface area contributed by atoms with Gasteiger partial charge in [0.1, 0.15) is 19.8 Å². The number of methoxy groups -OCH3 is 1. The predicted molar refractivity (Wildman–Crippen MR) is 455 cm³/mol. The highest BCUT2D eigenvalue weighted by molar-refractivity contribution is 5.87. The molecule has 4 rings (SSSR count). The topological polar surface area (TPSA) is 412 Å². The maximum atomic E-state index is 12.1. The molecule has 0 radical (unpaired) electrons. The van der Waals surface area contributed by atoms with Crippen molar-refractivity contribution < 1.29 is 107 Å². The minimum atomic E-state index is -1.03. The van der Waals surface area contributed by atoms with E-state index in [0.29, 0.717) is 74.2 Å². The summed E-state index contributed by atoms with van der Waals surface area (Å²) in [5, 5.41) is 61.5. The van der Waals surface area contributed by atoms with E-state index in [1.54, 1.807) is 30.8 Å². The fourth-order valence-electron chi connectivity index (χ4n) is 10.2. The van der Waals surface area contributed by atoms with Gasteiger partial charge in [0, 0.05) is 56.4 Å². The lowest BCUT2D eigenvalue weighted by Gasteiger charge is -2.20. The van der Waals surface area contributed by atoms with E-state index >= 15 is 0 Å². The second kappa shape index (κ2) is 62.1. The molecule has 0 aromatic heterocycles. The van der Waals surface area contributed by atoms with E-state index < -0.39 is 47.8 Å². The van der Waals surface area contributed by atoms with Crippen LogP contribution in [0.5, 0.6) is 0 Å². The summed E-state index contributed by atoms with van der Waals surface area (Å²) in [6.07, 6.45) is 5.92. The van der Waals surface area contributed by atoms with E-state index in [9.17, 15) is 57.5 Å². The van der Waals surface area contributed by atoms with E-state index in [4.69, 9.17) is 49.6 Å². The van der Waals surface area contributed by atoms with Crippen LogP contribution in [0.25, 0.3) is 0 Å². The van der Waals surface area contributed by atoms with E-state index in [-0.39, 0.29) is 120 Å². The highest BCUT2D eigenvalue weighted by Gasteiger charge is 2.27. The van der Waals surface area contributed by atoms with Gasteiger partial charge < -0.3 is 65.5 Å². The summed E-state index contributed by atoms with van der Waals surface area (Å²) in [7, 11) is 1.58. The van der Waals surface area contributed by atoms with E-state index in [1.807, 2.05) is 146 Å². The molecule has 5 unspecified atom stereocenters. The zero-order valence-corrected chi connectivity index (χ0v) is 73.1. The molecule has 0 heterocycles. The monoisotopic (exact) mass is 1660 g/mol. The van der Waals surface area contributed by atoms with Gasteiger partial charge in [-0.25, -0.2) is 9.59 Å². The molecule has 4 aromatic carbocycles. The van der Waals surface area contributed by atoms with Crippen molar-refractivity contribution >= 4 is 71.4 Å². The maximum Gasteiger partial charge on any atom is 0.333 e. The first kappa shape index (κ1) is 110. The lowest BCUT2D eigenvalue weighted by molar-refractivity contribution is -0.155. The third-order valence-corrected chi connectivity index (χ3v) is 18.6. The number of aliphatic carboxylic acids is 6. The van der Waals surface area contributed by atoms with Crippen molar-refractivity contribution in [1.29, 1.82) is 0 Å². The van der Waals surface area contributed by atoms with Crippen LogP contribution < -0.4 is 16.0 Å². The van der Waals surface area contributed by atoms with Crippen LogP contribution in [0.1, 0.15) is 224 Å². The number of carboxylic acids is 6. The first-order valence-electron chi connectivity index (χ1n) is 40.1. The van der Waals surface area contributed by atoms with Gasteiger partial charge in [-0.05, 0) is 148 Å². The van der Waals surface area contributed by atoms with Gasteiger partial charge in [-0.3, -0.25) is 67.5 Å². The molecular formula is C89H137N7O22. The molecule has 9 N–H and O–H groups in total. The number of nitrogens with one attached hydrogen (secondary N) is 3. The second-order valence-corrected chi connectivity index (χ2v) is 30.0. The molecule has 3 amide bonds. The van der Waals surface area contributed by atoms with Crippen molar-refractivity contribution in [2.75, 3.05) is 99.0 Å². The lowest BCUT2D eigenvalue weighted by Crippen LogP contribution is -2.40. The summed E-state index contributed by atoms with van der Waals surface area (Å²) in [4.78, 5) is 140. The molecule has 118 heavy (non-hydrogen) atoms. The van der Waals surface area contributed by atoms with E-state index in [1.165, 1.54) is 32.1 Å². The molecule has 0 spiro atoms. The van der Waals surface area contributed by atoms with Crippen LogP contribution in [0.3, 0.4) is 0 Å². The lowest BCUT2D eigenvalue weighted by atomic mass is 9.91. The maximum absolute atomic E-state index is 12.1. The normalized spacial score (nSPS) is 12.0. The van der Waals surface area contributed by atoms with Crippen molar-refractivity contribution in [2.24, 2.45) is 11.3 Å². The Morgan fingerprint density at radius 1 is 0.381 bits per heavy atom. The molecule has 0 aliphatic rings. The highest BCUT2D eigenvalue weighted by Crippen LogP contribution is 2.24. The number of carboxylic acid groups (broad SMARTS) is 6. The van der Waals surface area contributed by atoms with Crippen molar-refractivity contribution in [3.8, 4) is 0 Å². The number of carbonyl (C=O) groups excluding carboxylic acids is 6. The number of esters is 3. The third kappa shape index (κ3) is 53.2. The van der Waals surface area contributed by atoms with Crippen molar-refractivity contribution in [1.82, 2.24) is 35.6 Å². The summed E-state index contributed by atoms with van der Waals surface area (Å²) in [6.45, 7) is 41.6. The Morgan fingerprint density at radius 2 is 0.636 bits per heavy atom. The number of carbonyl (C=O) groups is 12. The van der Waals surface area contributed by atoms with Crippen molar-refractivity contribution in [3.63, 3.8) is 0 Å². The smallest absolute Gasteiger partial charge is 0.333 e. The van der Waals surface area contributed by atoms with Crippen LogP contribution >= 0.6 is 0 Å². The average molecular weight is 1660 g/mol. The van der Waals surface area contributed by atoms with Crippen LogP contribution in [0.4, 0.5) is 0 Å². The molecule has 4 aromatic rings.